The molecule has 2 unspecified atom stereocenters. The van der Waals surface area contributed by atoms with Gasteiger partial charge in [0.05, 0.1) is 6.10 Å². The second-order valence-electron chi connectivity index (χ2n) is 5.77. The van der Waals surface area contributed by atoms with Gasteiger partial charge in [-0.25, -0.2) is 0 Å². The molecule has 2 atom stereocenters. The van der Waals surface area contributed by atoms with E-state index in [2.05, 4.69) is 13.8 Å². The van der Waals surface area contributed by atoms with Gasteiger partial charge in [0, 0.05) is 6.04 Å². The molecule has 0 aromatic carbocycles. The van der Waals surface area contributed by atoms with E-state index in [0.29, 0.717) is 11.3 Å². The van der Waals surface area contributed by atoms with Crippen LogP contribution in [0.2, 0.25) is 0 Å². The standard InChI is InChI=1S/C12H25NO/c1-9(13)11(14)8-10-4-6-12(2,3)7-5-10/h9-11,14H,4-8,13H2,1-3H3. The summed E-state index contributed by atoms with van der Waals surface area (Å²) in [4.78, 5) is 0. The molecule has 2 heteroatoms. The summed E-state index contributed by atoms with van der Waals surface area (Å²) < 4.78 is 0. The van der Waals surface area contributed by atoms with Crippen molar-refractivity contribution in [1.82, 2.24) is 0 Å². The van der Waals surface area contributed by atoms with E-state index in [1.807, 2.05) is 6.92 Å². The van der Waals surface area contributed by atoms with Gasteiger partial charge in [-0.1, -0.05) is 13.8 Å². The van der Waals surface area contributed by atoms with Crippen LogP contribution in [0, 0.1) is 11.3 Å². The fraction of sp³-hybridized carbons (Fsp3) is 1.00. The van der Waals surface area contributed by atoms with Crippen LogP contribution in [0.1, 0.15) is 52.9 Å². The molecule has 0 spiro atoms. The second kappa shape index (κ2) is 4.63. The van der Waals surface area contributed by atoms with Gasteiger partial charge in [-0.3, -0.25) is 0 Å². The Labute approximate surface area is 87.9 Å². The van der Waals surface area contributed by atoms with Crippen molar-refractivity contribution in [2.24, 2.45) is 17.1 Å². The Bertz CT molecular complexity index is 167. The van der Waals surface area contributed by atoms with Crippen LogP contribution in [0.4, 0.5) is 0 Å². The van der Waals surface area contributed by atoms with E-state index in [9.17, 15) is 5.11 Å². The molecule has 0 amide bonds. The lowest BCUT2D eigenvalue weighted by atomic mass is 9.71. The minimum absolute atomic E-state index is 0.0788. The molecule has 1 saturated carbocycles. The topological polar surface area (TPSA) is 46.2 Å². The van der Waals surface area contributed by atoms with Crippen LogP contribution in [-0.4, -0.2) is 17.3 Å². The molecule has 0 radical (unpaired) electrons. The summed E-state index contributed by atoms with van der Waals surface area (Å²) in [5.74, 6) is 0.698. The molecule has 3 N–H and O–H groups in total. The third kappa shape index (κ3) is 3.58. The molecule has 14 heavy (non-hydrogen) atoms. The van der Waals surface area contributed by atoms with Gasteiger partial charge in [0.15, 0.2) is 0 Å². The number of hydrogen-bond donors (Lipinski definition) is 2. The average molecular weight is 199 g/mol. The first-order valence-corrected chi connectivity index (χ1v) is 5.84. The first-order valence-electron chi connectivity index (χ1n) is 5.84. The van der Waals surface area contributed by atoms with E-state index in [0.717, 1.165) is 6.42 Å². The van der Waals surface area contributed by atoms with Crippen molar-refractivity contribution in [3.63, 3.8) is 0 Å². The fourth-order valence-electron chi connectivity index (χ4n) is 2.25. The number of nitrogens with two attached hydrogens (primary N) is 1. The monoisotopic (exact) mass is 199 g/mol. The molecule has 1 aliphatic rings. The molecule has 0 saturated heterocycles. The Morgan fingerprint density at radius 1 is 1.36 bits per heavy atom. The first-order chi connectivity index (χ1) is 6.41. The number of hydrogen-bond acceptors (Lipinski definition) is 2. The first kappa shape index (κ1) is 12.0. The minimum atomic E-state index is -0.304. The van der Waals surface area contributed by atoms with Gasteiger partial charge in [0.25, 0.3) is 0 Å². The third-order valence-corrected chi connectivity index (χ3v) is 3.64. The summed E-state index contributed by atoms with van der Waals surface area (Å²) >= 11 is 0. The zero-order valence-electron chi connectivity index (χ0n) is 9.79. The molecular formula is C12H25NO. The van der Waals surface area contributed by atoms with Gasteiger partial charge < -0.3 is 10.8 Å². The van der Waals surface area contributed by atoms with Crippen molar-refractivity contribution in [3.05, 3.63) is 0 Å². The smallest absolute Gasteiger partial charge is 0.0691 e. The highest BCUT2D eigenvalue weighted by atomic mass is 16.3. The maximum absolute atomic E-state index is 9.68. The Balaban J connectivity index is 2.29. The Hall–Kier alpha value is -0.0800. The molecule has 1 rings (SSSR count). The SMILES string of the molecule is CC(N)C(O)CC1CCC(C)(C)CC1. The van der Waals surface area contributed by atoms with Crippen LogP contribution in [0.25, 0.3) is 0 Å². The molecule has 0 aromatic rings. The van der Waals surface area contributed by atoms with Crippen LogP contribution in [0.3, 0.4) is 0 Å². The van der Waals surface area contributed by atoms with Gasteiger partial charge in [0.2, 0.25) is 0 Å². The van der Waals surface area contributed by atoms with Gasteiger partial charge in [-0.2, -0.15) is 0 Å². The van der Waals surface area contributed by atoms with Crippen LogP contribution in [-0.2, 0) is 0 Å². The number of rotatable bonds is 3. The maximum Gasteiger partial charge on any atom is 0.0691 e. The predicted octanol–water partition coefficient (Wildman–Crippen LogP) is 2.30. The molecule has 84 valence electrons. The Morgan fingerprint density at radius 2 is 1.86 bits per heavy atom. The maximum atomic E-state index is 9.68. The fourth-order valence-corrected chi connectivity index (χ4v) is 2.25. The lowest BCUT2D eigenvalue weighted by molar-refractivity contribution is 0.0924. The summed E-state index contributed by atoms with van der Waals surface area (Å²) in [6.07, 6.45) is 5.70. The Kier molecular flexibility index (Phi) is 3.96. The lowest BCUT2D eigenvalue weighted by Crippen LogP contribution is -2.34. The highest BCUT2D eigenvalue weighted by Gasteiger charge is 2.28. The van der Waals surface area contributed by atoms with Gasteiger partial charge >= 0.3 is 0 Å². The molecular weight excluding hydrogens is 174 g/mol. The van der Waals surface area contributed by atoms with Crippen molar-refractivity contribution in [2.75, 3.05) is 0 Å². The highest BCUT2D eigenvalue weighted by Crippen LogP contribution is 2.39. The van der Waals surface area contributed by atoms with E-state index in [4.69, 9.17) is 5.73 Å². The van der Waals surface area contributed by atoms with Crippen LogP contribution < -0.4 is 5.73 Å². The molecule has 1 fully saturated rings. The molecule has 0 heterocycles. The van der Waals surface area contributed by atoms with E-state index in [1.165, 1.54) is 25.7 Å². The van der Waals surface area contributed by atoms with Gasteiger partial charge in [-0.05, 0) is 50.4 Å². The molecule has 1 aliphatic carbocycles. The summed E-state index contributed by atoms with van der Waals surface area (Å²) in [6.45, 7) is 6.56. The summed E-state index contributed by atoms with van der Waals surface area (Å²) in [5, 5.41) is 9.68. The highest BCUT2D eigenvalue weighted by molar-refractivity contribution is 4.81. The molecule has 2 nitrogen and oxygen atoms in total. The second-order valence-corrected chi connectivity index (χ2v) is 5.77. The van der Waals surface area contributed by atoms with Crippen molar-refractivity contribution in [1.29, 1.82) is 0 Å². The summed E-state index contributed by atoms with van der Waals surface area (Å²) in [6, 6.07) is -0.0788. The van der Waals surface area contributed by atoms with Crippen LogP contribution in [0.5, 0.6) is 0 Å². The van der Waals surface area contributed by atoms with Crippen molar-refractivity contribution >= 4 is 0 Å². The summed E-state index contributed by atoms with van der Waals surface area (Å²) in [5.41, 5.74) is 6.18. The zero-order valence-corrected chi connectivity index (χ0v) is 9.79. The molecule has 0 aliphatic heterocycles. The van der Waals surface area contributed by atoms with Crippen molar-refractivity contribution in [3.8, 4) is 0 Å². The van der Waals surface area contributed by atoms with E-state index >= 15 is 0 Å². The van der Waals surface area contributed by atoms with Gasteiger partial charge in [-0.15, -0.1) is 0 Å². The minimum Gasteiger partial charge on any atom is -0.392 e. The van der Waals surface area contributed by atoms with Crippen LogP contribution in [0.15, 0.2) is 0 Å². The van der Waals surface area contributed by atoms with E-state index < -0.39 is 0 Å². The molecule has 0 aromatic heterocycles. The number of aliphatic hydroxyl groups excluding tert-OH is 1. The Morgan fingerprint density at radius 3 is 2.29 bits per heavy atom. The average Bonchev–Trinajstić information content (AvgIpc) is 2.08. The predicted molar refractivity (Wildman–Crippen MR) is 60.0 cm³/mol. The van der Waals surface area contributed by atoms with Crippen molar-refractivity contribution in [2.45, 2.75) is 65.0 Å². The normalized spacial score (nSPS) is 27.2. The number of aliphatic hydroxyl groups is 1. The van der Waals surface area contributed by atoms with Gasteiger partial charge in [0.1, 0.15) is 0 Å². The molecule has 0 bridgehead atoms. The lowest BCUT2D eigenvalue weighted by Gasteiger charge is -2.35. The third-order valence-electron chi connectivity index (χ3n) is 3.64. The summed E-state index contributed by atoms with van der Waals surface area (Å²) in [7, 11) is 0. The van der Waals surface area contributed by atoms with Crippen molar-refractivity contribution < 1.29 is 5.11 Å². The quantitative estimate of drug-likeness (QED) is 0.732. The largest absolute Gasteiger partial charge is 0.392 e. The van der Waals surface area contributed by atoms with Crippen LogP contribution >= 0.6 is 0 Å². The van der Waals surface area contributed by atoms with E-state index in [-0.39, 0.29) is 12.1 Å². The van der Waals surface area contributed by atoms with E-state index in [1.54, 1.807) is 0 Å². The zero-order chi connectivity index (χ0) is 10.8.